The average molecular weight is 255 g/mol. The zero-order valence-electron chi connectivity index (χ0n) is 11.2. The molecule has 0 aromatic heterocycles. The summed E-state index contributed by atoms with van der Waals surface area (Å²) in [6.45, 7) is 3.84. The van der Waals surface area contributed by atoms with Crippen molar-refractivity contribution in [2.24, 2.45) is 10.4 Å². The molecule has 0 radical (unpaired) electrons. The van der Waals surface area contributed by atoms with E-state index in [0.717, 1.165) is 17.7 Å². The van der Waals surface area contributed by atoms with Gasteiger partial charge in [-0.3, -0.25) is 4.79 Å². The van der Waals surface area contributed by atoms with Crippen LogP contribution in [0.15, 0.2) is 34.6 Å². The highest BCUT2D eigenvalue weighted by atomic mass is 16.2. The van der Waals surface area contributed by atoms with E-state index in [-0.39, 0.29) is 5.91 Å². The van der Waals surface area contributed by atoms with E-state index in [1.807, 2.05) is 32.0 Å². The summed E-state index contributed by atoms with van der Waals surface area (Å²) < 4.78 is 0. The first-order valence-electron chi connectivity index (χ1n) is 6.45. The fourth-order valence-corrected chi connectivity index (χ4v) is 3.10. The normalized spacial score (nSPS) is 25.5. The molecule has 3 N–H and O–H groups in total. The lowest BCUT2D eigenvalue weighted by atomic mass is 9.79. The molecule has 1 heterocycles. The van der Waals surface area contributed by atoms with Crippen LogP contribution in [0.25, 0.3) is 0 Å². The van der Waals surface area contributed by atoms with Gasteiger partial charge in [0.2, 0.25) is 5.91 Å². The van der Waals surface area contributed by atoms with Crippen LogP contribution in [0, 0.1) is 5.41 Å². The largest absolute Gasteiger partial charge is 0.399 e. The number of nitrogens with zero attached hydrogens (tertiary/aromatic N) is 1. The molecule has 0 fully saturated rings. The van der Waals surface area contributed by atoms with Gasteiger partial charge in [0.05, 0.1) is 5.41 Å². The van der Waals surface area contributed by atoms with Crippen LogP contribution in [-0.4, -0.2) is 12.1 Å². The zero-order chi connectivity index (χ0) is 13.6. The Labute approximate surface area is 112 Å². The van der Waals surface area contributed by atoms with E-state index in [1.165, 1.54) is 11.1 Å². The van der Waals surface area contributed by atoms with Crippen LogP contribution in [0.1, 0.15) is 25.0 Å². The Kier molecular flexibility index (Phi) is 2.49. The van der Waals surface area contributed by atoms with Crippen molar-refractivity contribution in [1.29, 1.82) is 0 Å². The predicted octanol–water partition coefficient (Wildman–Crippen LogP) is 1.81. The number of benzene rings is 1. The second-order valence-electron chi connectivity index (χ2n) is 5.28. The van der Waals surface area contributed by atoms with Gasteiger partial charge in [0, 0.05) is 11.9 Å². The molecule has 1 aliphatic heterocycles. The Hall–Kier alpha value is -2.10. The van der Waals surface area contributed by atoms with E-state index in [2.05, 4.69) is 10.3 Å². The van der Waals surface area contributed by atoms with E-state index in [9.17, 15) is 4.79 Å². The van der Waals surface area contributed by atoms with Gasteiger partial charge in [-0.25, -0.2) is 4.99 Å². The van der Waals surface area contributed by atoms with Crippen LogP contribution >= 0.6 is 0 Å². The maximum Gasteiger partial charge on any atom is 0.236 e. The number of nitrogens with two attached hydrogens (primary N) is 1. The van der Waals surface area contributed by atoms with Crippen molar-refractivity contribution in [3.63, 3.8) is 0 Å². The van der Waals surface area contributed by atoms with Gasteiger partial charge < -0.3 is 11.1 Å². The summed E-state index contributed by atoms with van der Waals surface area (Å²) in [7, 11) is 0. The number of rotatable bonds is 1. The lowest BCUT2D eigenvalue weighted by Gasteiger charge is -2.21. The van der Waals surface area contributed by atoms with E-state index in [0.29, 0.717) is 12.2 Å². The number of nitrogen functional groups attached to an aromatic ring is 1. The first-order chi connectivity index (χ1) is 9.06. The number of hydrogen-bond donors (Lipinski definition) is 2. The zero-order valence-corrected chi connectivity index (χ0v) is 11.2. The van der Waals surface area contributed by atoms with Crippen LogP contribution in [0.2, 0.25) is 0 Å². The van der Waals surface area contributed by atoms with Gasteiger partial charge in [0.15, 0.2) is 0 Å². The number of carbonyl (C=O) groups is 1. The van der Waals surface area contributed by atoms with Crippen LogP contribution in [0.4, 0.5) is 5.69 Å². The van der Waals surface area contributed by atoms with Gasteiger partial charge in [-0.15, -0.1) is 0 Å². The minimum Gasteiger partial charge on any atom is -0.399 e. The molecule has 1 unspecified atom stereocenters. The monoisotopic (exact) mass is 255 g/mol. The lowest BCUT2D eigenvalue weighted by molar-refractivity contribution is -0.126. The maximum atomic E-state index is 12.4. The maximum absolute atomic E-state index is 12.4. The third-order valence-corrected chi connectivity index (χ3v) is 4.21. The Morgan fingerprint density at radius 2 is 2.11 bits per heavy atom. The van der Waals surface area contributed by atoms with Crippen molar-refractivity contribution < 1.29 is 4.79 Å². The second kappa shape index (κ2) is 3.95. The van der Waals surface area contributed by atoms with E-state index < -0.39 is 5.41 Å². The number of hydrogen-bond acceptors (Lipinski definition) is 3. The number of anilines is 1. The summed E-state index contributed by atoms with van der Waals surface area (Å²) in [5, 5.41) is 2.90. The van der Waals surface area contributed by atoms with Crippen molar-refractivity contribution in [2.75, 3.05) is 5.73 Å². The predicted molar refractivity (Wildman–Crippen MR) is 75.7 cm³/mol. The first kappa shape index (κ1) is 12.0. The standard InChI is InChI=1S/C15H17N3O/c1-3-17-13-9(2)15(14(19)18-13)7-10-4-5-12(16)6-11(10)8-15/h3-6H,7-8,16H2,1-2H3,(H,18,19)/b17-3-. The number of nitrogens with one attached hydrogen (secondary N) is 1. The van der Waals surface area contributed by atoms with Gasteiger partial charge in [0.25, 0.3) is 0 Å². The second-order valence-corrected chi connectivity index (χ2v) is 5.28. The van der Waals surface area contributed by atoms with Crippen molar-refractivity contribution in [3.8, 4) is 0 Å². The third kappa shape index (κ3) is 1.59. The molecular formula is C15H17N3O. The summed E-state index contributed by atoms with van der Waals surface area (Å²) in [6, 6.07) is 5.90. The number of fused-ring (bicyclic) bond motifs is 1. The number of amides is 1. The van der Waals surface area contributed by atoms with Gasteiger partial charge in [-0.1, -0.05) is 6.07 Å². The van der Waals surface area contributed by atoms with E-state index >= 15 is 0 Å². The molecule has 1 aromatic rings. The molecule has 1 spiro atoms. The van der Waals surface area contributed by atoms with E-state index in [4.69, 9.17) is 5.73 Å². The molecule has 2 aliphatic rings. The molecule has 0 bridgehead atoms. The SMILES string of the molecule is C/C=N\C1=C(C)C2(Cc3ccc(N)cc3C2)C(=O)N1. The third-order valence-electron chi connectivity index (χ3n) is 4.21. The van der Waals surface area contributed by atoms with Crippen LogP contribution in [0.3, 0.4) is 0 Å². The van der Waals surface area contributed by atoms with Crippen LogP contribution in [0.5, 0.6) is 0 Å². The molecule has 1 atom stereocenters. The lowest BCUT2D eigenvalue weighted by Crippen LogP contribution is -2.34. The van der Waals surface area contributed by atoms with Crippen molar-refractivity contribution in [2.45, 2.75) is 26.7 Å². The minimum absolute atomic E-state index is 0.0559. The molecule has 0 saturated carbocycles. The van der Waals surface area contributed by atoms with Crippen LogP contribution < -0.4 is 11.1 Å². The molecule has 4 heteroatoms. The Balaban J connectivity index is 2.06. The molecular weight excluding hydrogens is 238 g/mol. The van der Waals surface area contributed by atoms with Crippen molar-refractivity contribution in [1.82, 2.24) is 5.32 Å². The Bertz CT molecular complexity index is 630. The topological polar surface area (TPSA) is 67.5 Å². The van der Waals surface area contributed by atoms with Gasteiger partial charge in [-0.2, -0.15) is 0 Å². The fraction of sp³-hybridized carbons (Fsp3) is 0.333. The summed E-state index contributed by atoms with van der Waals surface area (Å²) >= 11 is 0. The van der Waals surface area contributed by atoms with Crippen molar-refractivity contribution >= 4 is 17.8 Å². The van der Waals surface area contributed by atoms with Crippen molar-refractivity contribution in [3.05, 3.63) is 40.7 Å². The van der Waals surface area contributed by atoms with Gasteiger partial charge in [0.1, 0.15) is 5.82 Å². The number of aliphatic imine (C=N–C) groups is 1. The highest BCUT2D eigenvalue weighted by Crippen LogP contribution is 2.46. The fourth-order valence-electron chi connectivity index (χ4n) is 3.10. The molecule has 1 aromatic carbocycles. The Morgan fingerprint density at radius 1 is 1.37 bits per heavy atom. The first-order valence-corrected chi connectivity index (χ1v) is 6.45. The summed E-state index contributed by atoms with van der Waals surface area (Å²) in [5.74, 6) is 0.758. The summed E-state index contributed by atoms with van der Waals surface area (Å²) in [4.78, 5) is 16.6. The highest BCUT2D eigenvalue weighted by Gasteiger charge is 2.50. The molecule has 0 saturated heterocycles. The summed E-state index contributed by atoms with van der Waals surface area (Å²) in [6.07, 6.45) is 3.16. The molecule has 4 nitrogen and oxygen atoms in total. The number of carbonyl (C=O) groups excluding carboxylic acids is 1. The molecule has 1 amide bonds. The molecule has 98 valence electrons. The minimum atomic E-state index is -0.460. The van der Waals surface area contributed by atoms with Gasteiger partial charge in [-0.05, 0) is 55.5 Å². The quantitative estimate of drug-likeness (QED) is 0.593. The van der Waals surface area contributed by atoms with E-state index in [1.54, 1.807) is 6.21 Å². The highest BCUT2D eigenvalue weighted by molar-refractivity contribution is 5.92. The van der Waals surface area contributed by atoms with Gasteiger partial charge >= 0.3 is 0 Å². The molecule has 19 heavy (non-hydrogen) atoms. The van der Waals surface area contributed by atoms with Crippen LogP contribution in [-0.2, 0) is 17.6 Å². The summed E-state index contributed by atoms with van der Waals surface area (Å²) in [5.41, 5.74) is 9.54. The molecule has 1 aliphatic carbocycles. The molecule has 3 rings (SSSR count). The smallest absolute Gasteiger partial charge is 0.236 e. The Morgan fingerprint density at radius 3 is 2.84 bits per heavy atom. The average Bonchev–Trinajstić information content (AvgIpc) is 2.85.